The van der Waals surface area contributed by atoms with Crippen LogP contribution in [0, 0.1) is 31.0 Å². The molecule has 1 amide bonds. The number of amides is 1. The predicted octanol–water partition coefficient (Wildman–Crippen LogP) is 5.26. The molecular weight excluding hydrogens is 455 g/mol. The van der Waals surface area contributed by atoms with Crippen LogP contribution in [0.5, 0.6) is 5.75 Å². The SMILES string of the molecule is CCOc1c(C)cc(-c2cc3c(cc2F)[C@H](N(C(=O)[O-])[C@@H]2CN4CCC2CC4)C(C)(C)CC3)cc1C. The quantitative estimate of drug-likeness (QED) is 0.570. The van der Waals surface area contributed by atoms with Crippen molar-refractivity contribution in [2.24, 2.45) is 11.3 Å². The number of carboxylic acid groups (broad SMARTS) is 1. The van der Waals surface area contributed by atoms with Crippen LogP contribution in [-0.4, -0.2) is 48.2 Å². The van der Waals surface area contributed by atoms with Gasteiger partial charge in [-0.15, -0.1) is 0 Å². The lowest BCUT2D eigenvalue weighted by molar-refractivity contribution is -0.277. The first-order chi connectivity index (χ1) is 17.1. The van der Waals surface area contributed by atoms with Crippen LogP contribution in [0.2, 0.25) is 0 Å². The largest absolute Gasteiger partial charge is 0.530 e. The number of nitrogens with zero attached hydrogens (tertiary/aromatic N) is 2. The standard InChI is InChI=1S/C30H39FN2O3/c1-6-36-27-18(2)13-22(14-19(27)3)23-15-21-7-10-30(4,5)28(24(21)16-25(23)31)33(29(34)35)26-17-32-11-8-20(26)9-12-32/h13-16,20,26,28H,6-12,17H2,1-5H3,(H,34,35)/p-1/t26-,28+/m1/s1. The molecule has 6 heteroatoms. The molecule has 4 aliphatic rings. The second-order valence-corrected chi connectivity index (χ2v) is 11.7. The van der Waals surface area contributed by atoms with E-state index in [1.807, 2.05) is 39.0 Å². The van der Waals surface area contributed by atoms with Gasteiger partial charge in [0, 0.05) is 18.2 Å². The van der Waals surface area contributed by atoms with Gasteiger partial charge in [-0.2, -0.15) is 0 Å². The number of halogens is 1. The summed E-state index contributed by atoms with van der Waals surface area (Å²) >= 11 is 0. The van der Waals surface area contributed by atoms with Crippen LogP contribution < -0.4 is 9.84 Å². The molecule has 2 aromatic carbocycles. The Morgan fingerprint density at radius 3 is 2.39 bits per heavy atom. The molecule has 0 unspecified atom stereocenters. The highest BCUT2D eigenvalue weighted by molar-refractivity contribution is 5.70. The fourth-order valence-electron chi connectivity index (χ4n) is 7.03. The third kappa shape index (κ3) is 4.27. The number of carbonyl (C=O) groups is 1. The fourth-order valence-corrected chi connectivity index (χ4v) is 7.03. The Balaban J connectivity index is 1.58. The second kappa shape index (κ2) is 9.37. The van der Waals surface area contributed by atoms with E-state index < -0.39 is 12.1 Å². The summed E-state index contributed by atoms with van der Waals surface area (Å²) in [5.41, 5.74) is 4.86. The number of aryl methyl sites for hydroxylation is 3. The molecule has 0 spiro atoms. The van der Waals surface area contributed by atoms with Crippen molar-refractivity contribution in [2.45, 2.75) is 72.4 Å². The van der Waals surface area contributed by atoms with Gasteiger partial charge in [-0.25, -0.2) is 4.39 Å². The van der Waals surface area contributed by atoms with Crippen molar-refractivity contribution in [1.29, 1.82) is 0 Å². The van der Waals surface area contributed by atoms with E-state index in [0.717, 1.165) is 78.9 Å². The molecule has 0 radical (unpaired) electrons. The van der Waals surface area contributed by atoms with Gasteiger partial charge in [0.05, 0.1) is 12.6 Å². The Hall–Kier alpha value is -2.60. The van der Waals surface area contributed by atoms with Gasteiger partial charge < -0.3 is 24.4 Å². The van der Waals surface area contributed by atoms with E-state index in [0.29, 0.717) is 18.1 Å². The van der Waals surface area contributed by atoms with Crippen LogP contribution in [0.4, 0.5) is 9.18 Å². The molecule has 2 aromatic rings. The van der Waals surface area contributed by atoms with Crippen molar-refractivity contribution < 1.29 is 19.0 Å². The van der Waals surface area contributed by atoms with Crippen LogP contribution in [-0.2, 0) is 6.42 Å². The lowest BCUT2D eigenvalue weighted by Gasteiger charge is -2.56. The minimum absolute atomic E-state index is 0.105. The monoisotopic (exact) mass is 493 g/mol. The third-order valence-electron chi connectivity index (χ3n) is 8.83. The van der Waals surface area contributed by atoms with Crippen molar-refractivity contribution in [2.75, 3.05) is 26.2 Å². The molecule has 3 heterocycles. The molecular formula is C30H38FN2O3-. The van der Waals surface area contributed by atoms with E-state index in [4.69, 9.17) is 4.74 Å². The van der Waals surface area contributed by atoms with Crippen LogP contribution >= 0.6 is 0 Å². The second-order valence-electron chi connectivity index (χ2n) is 11.7. The third-order valence-corrected chi connectivity index (χ3v) is 8.83. The topological polar surface area (TPSA) is 55.8 Å². The Bertz CT molecular complexity index is 1150. The number of carbonyl (C=O) groups excluding carboxylic acids is 1. The normalized spacial score (nSPS) is 26.4. The Morgan fingerprint density at radius 2 is 1.83 bits per heavy atom. The lowest BCUT2D eigenvalue weighted by atomic mass is 9.68. The first kappa shape index (κ1) is 25.1. The summed E-state index contributed by atoms with van der Waals surface area (Å²) in [6.45, 7) is 13.6. The molecule has 36 heavy (non-hydrogen) atoms. The van der Waals surface area contributed by atoms with Gasteiger partial charge >= 0.3 is 0 Å². The molecule has 5 nitrogen and oxygen atoms in total. The summed E-state index contributed by atoms with van der Waals surface area (Å²) < 4.78 is 21.6. The molecule has 2 atom stereocenters. The smallest absolute Gasteiger partial charge is 0.137 e. The predicted molar refractivity (Wildman–Crippen MR) is 138 cm³/mol. The molecule has 6 rings (SSSR count). The number of benzene rings is 2. The number of rotatable bonds is 5. The molecule has 2 bridgehead atoms. The minimum atomic E-state index is -1.14. The van der Waals surface area contributed by atoms with Crippen LogP contribution in [0.15, 0.2) is 24.3 Å². The first-order valence-corrected chi connectivity index (χ1v) is 13.4. The van der Waals surface area contributed by atoms with Crippen LogP contribution in [0.3, 0.4) is 0 Å². The van der Waals surface area contributed by atoms with E-state index in [9.17, 15) is 9.90 Å². The minimum Gasteiger partial charge on any atom is -0.530 e. The molecule has 0 saturated carbocycles. The van der Waals surface area contributed by atoms with Gasteiger partial charge in [-0.05, 0) is 123 Å². The van der Waals surface area contributed by atoms with Crippen molar-refractivity contribution in [3.63, 3.8) is 0 Å². The molecule has 194 valence electrons. The summed E-state index contributed by atoms with van der Waals surface area (Å²) in [6.07, 6.45) is 2.52. The van der Waals surface area contributed by atoms with Crippen molar-refractivity contribution in [3.8, 4) is 16.9 Å². The van der Waals surface area contributed by atoms with Gasteiger partial charge in [0.2, 0.25) is 0 Å². The van der Waals surface area contributed by atoms with E-state index in [2.05, 4.69) is 18.7 Å². The summed E-state index contributed by atoms with van der Waals surface area (Å²) in [5, 5.41) is 12.7. The first-order valence-electron chi connectivity index (χ1n) is 13.4. The van der Waals surface area contributed by atoms with Crippen LogP contribution in [0.1, 0.15) is 68.3 Å². The van der Waals surface area contributed by atoms with Crippen molar-refractivity contribution >= 4 is 6.09 Å². The fraction of sp³-hybridized carbons (Fsp3) is 0.567. The highest BCUT2D eigenvalue weighted by atomic mass is 19.1. The van der Waals surface area contributed by atoms with Crippen LogP contribution in [0.25, 0.3) is 11.1 Å². The van der Waals surface area contributed by atoms with Gasteiger partial charge in [-0.3, -0.25) is 0 Å². The van der Waals surface area contributed by atoms with E-state index >= 15 is 4.39 Å². The summed E-state index contributed by atoms with van der Waals surface area (Å²) in [6, 6.07) is 6.98. The Labute approximate surface area is 214 Å². The van der Waals surface area contributed by atoms with Gasteiger partial charge in [0.15, 0.2) is 0 Å². The number of hydrogen-bond donors (Lipinski definition) is 0. The number of piperidine rings is 3. The van der Waals surface area contributed by atoms with E-state index in [-0.39, 0.29) is 17.3 Å². The number of fused-ring (bicyclic) bond motifs is 4. The lowest BCUT2D eigenvalue weighted by Crippen LogP contribution is -2.63. The Morgan fingerprint density at radius 1 is 1.17 bits per heavy atom. The molecule has 0 N–H and O–H groups in total. The summed E-state index contributed by atoms with van der Waals surface area (Å²) in [4.78, 5) is 16.7. The van der Waals surface area contributed by atoms with Crippen molar-refractivity contribution in [3.05, 3.63) is 52.3 Å². The van der Waals surface area contributed by atoms with Gasteiger partial charge in [0.25, 0.3) is 0 Å². The zero-order valence-corrected chi connectivity index (χ0v) is 22.2. The zero-order chi connectivity index (χ0) is 25.8. The Kier molecular flexibility index (Phi) is 6.52. The van der Waals surface area contributed by atoms with E-state index in [1.165, 1.54) is 0 Å². The zero-order valence-electron chi connectivity index (χ0n) is 22.2. The highest BCUT2D eigenvalue weighted by Crippen LogP contribution is 2.50. The maximum Gasteiger partial charge on any atom is 0.137 e. The molecule has 3 fully saturated rings. The maximum absolute atomic E-state index is 15.8. The molecule has 1 aliphatic carbocycles. The number of ether oxygens (including phenoxy) is 1. The molecule has 3 aliphatic heterocycles. The molecule has 0 aromatic heterocycles. The highest BCUT2D eigenvalue weighted by Gasteiger charge is 2.46. The maximum atomic E-state index is 15.8. The summed E-state index contributed by atoms with van der Waals surface area (Å²) in [7, 11) is 0. The van der Waals surface area contributed by atoms with E-state index in [1.54, 1.807) is 11.0 Å². The molecule has 3 saturated heterocycles. The van der Waals surface area contributed by atoms with Gasteiger partial charge in [0.1, 0.15) is 17.7 Å². The average molecular weight is 494 g/mol. The van der Waals surface area contributed by atoms with Crippen molar-refractivity contribution in [1.82, 2.24) is 9.80 Å². The summed E-state index contributed by atoms with van der Waals surface area (Å²) in [5.74, 6) is 0.878. The number of hydrogen-bond acceptors (Lipinski definition) is 4. The van der Waals surface area contributed by atoms with Gasteiger partial charge in [-0.1, -0.05) is 13.8 Å². The average Bonchev–Trinajstić information content (AvgIpc) is 2.83.